The van der Waals surface area contributed by atoms with Crippen molar-refractivity contribution in [3.05, 3.63) is 53.1 Å². The average Bonchev–Trinajstić information content (AvgIpc) is 2.91. The number of fused-ring (bicyclic) bond motifs is 6. The molecule has 0 aromatic heterocycles. The number of para-hydroxylation sites is 1. The predicted molar refractivity (Wildman–Crippen MR) is 158 cm³/mol. The zero-order valence-electron chi connectivity index (χ0n) is 25.0. The zero-order chi connectivity index (χ0) is 28.7. The van der Waals surface area contributed by atoms with Crippen LogP contribution < -0.4 is 5.32 Å². The molecule has 1 amide bonds. The van der Waals surface area contributed by atoms with Crippen LogP contribution in [0.4, 0.5) is 5.69 Å². The summed E-state index contributed by atoms with van der Waals surface area (Å²) in [6, 6.07) is 6.69. The van der Waals surface area contributed by atoms with Crippen LogP contribution in [-0.4, -0.2) is 28.2 Å². The number of hydrogen-bond acceptors (Lipinski definition) is 3. The van der Waals surface area contributed by atoms with Crippen LogP contribution in [0.3, 0.4) is 0 Å². The molecule has 0 bridgehead atoms. The molecular weight excluding hydrogens is 498 g/mol. The van der Waals surface area contributed by atoms with Crippen LogP contribution in [0.5, 0.6) is 0 Å². The molecule has 0 aliphatic heterocycles. The quantitative estimate of drug-likeness (QED) is 0.362. The lowest BCUT2D eigenvalue weighted by Crippen LogP contribution is -2.59. The summed E-state index contributed by atoms with van der Waals surface area (Å²) in [5, 5.41) is 23.1. The summed E-state index contributed by atoms with van der Waals surface area (Å²) in [5.41, 5.74) is 3.35. The van der Waals surface area contributed by atoms with E-state index in [1.54, 1.807) is 24.3 Å². The van der Waals surface area contributed by atoms with Gasteiger partial charge < -0.3 is 15.5 Å². The number of aliphatic hydroxyl groups excluding tert-OH is 1. The topological polar surface area (TPSA) is 86.6 Å². The smallest absolute Gasteiger partial charge is 0.337 e. The summed E-state index contributed by atoms with van der Waals surface area (Å²) in [6.07, 6.45) is 15.0. The van der Waals surface area contributed by atoms with Crippen molar-refractivity contribution in [2.45, 2.75) is 105 Å². The van der Waals surface area contributed by atoms with Crippen LogP contribution in [0.2, 0.25) is 0 Å². The molecule has 0 saturated heterocycles. The molecule has 216 valence electrons. The lowest BCUT2D eigenvalue weighted by molar-refractivity contribution is -0.134. The molecule has 40 heavy (non-hydrogen) atoms. The second kappa shape index (κ2) is 9.05. The number of rotatable bonds is 3. The van der Waals surface area contributed by atoms with E-state index in [1.807, 2.05) is 0 Å². The van der Waals surface area contributed by atoms with Crippen molar-refractivity contribution < 1.29 is 19.8 Å². The van der Waals surface area contributed by atoms with Gasteiger partial charge in [-0.15, -0.1) is 0 Å². The van der Waals surface area contributed by atoms with Gasteiger partial charge in [0.25, 0.3) is 0 Å². The van der Waals surface area contributed by atoms with Gasteiger partial charge in [0, 0.05) is 0 Å². The molecule has 6 rings (SSSR count). The van der Waals surface area contributed by atoms with Gasteiger partial charge in [-0.3, -0.25) is 4.79 Å². The Balaban J connectivity index is 1.37. The molecule has 5 nitrogen and oxygen atoms in total. The van der Waals surface area contributed by atoms with E-state index >= 15 is 0 Å². The van der Waals surface area contributed by atoms with Crippen LogP contribution in [-0.2, 0) is 4.79 Å². The van der Waals surface area contributed by atoms with Crippen molar-refractivity contribution in [2.75, 3.05) is 5.32 Å². The number of aliphatic hydroxyl groups is 1. The van der Waals surface area contributed by atoms with Gasteiger partial charge in [0.2, 0.25) is 5.91 Å². The first kappa shape index (κ1) is 27.8. The van der Waals surface area contributed by atoms with Crippen molar-refractivity contribution in [2.24, 2.45) is 38.9 Å². The largest absolute Gasteiger partial charge is 0.478 e. The first-order valence-electron chi connectivity index (χ1n) is 15.5. The molecular formula is C35H47NO4. The Labute approximate surface area is 239 Å². The van der Waals surface area contributed by atoms with Gasteiger partial charge in [0.1, 0.15) is 0 Å². The van der Waals surface area contributed by atoms with Crippen LogP contribution in [0, 0.1) is 38.9 Å². The maximum atomic E-state index is 13.8. The third-order valence-corrected chi connectivity index (χ3v) is 13.2. The fourth-order valence-electron chi connectivity index (χ4n) is 10.1. The molecule has 5 aliphatic carbocycles. The number of carboxylic acid groups (broad SMARTS) is 1. The van der Waals surface area contributed by atoms with E-state index in [0.29, 0.717) is 23.9 Å². The normalized spacial score (nSPS) is 44.1. The average molecular weight is 546 g/mol. The van der Waals surface area contributed by atoms with Gasteiger partial charge >= 0.3 is 5.97 Å². The number of carbonyl (C=O) groups excluding carboxylic acids is 1. The van der Waals surface area contributed by atoms with Crippen LogP contribution >= 0.6 is 0 Å². The van der Waals surface area contributed by atoms with Gasteiger partial charge in [0.05, 0.1) is 22.8 Å². The maximum absolute atomic E-state index is 13.8. The number of benzene rings is 1. The van der Waals surface area contributed by atoms with E-state index in [9.17, 15) is 19.8 Å². The first-order valence-corrected chi connectivity index (χ1v) is 15.5. The summed E-state index contributed by atoms with van der Waals surface area (Å²) in [4.78, 5) is 25.6. The number of anilines is 1. The highest BCUT2D eigenvalue weighted by Gasteiger charge is 2.64. The van der Waals surface area contributed by atoms with E-state index in [1.165, 1.54) is 30.4 Å². The molecule has 3 N–H and O–H groups in total. The Hall–Kier alpha value is -2.40. The predicted octanol–water partition coefficient (Wildman–Crippen LogP) is 7.77. The van der Waals surface area contributed by atoms with Gasteiger partial charge in [-0.25, -0.2) is 4.79 Å². The van der Waals surface area contributed by atoms with E-state index < -0.39 is 11.4 Å². The number of carbonyl (C=O) groups is 2. The molecule has 3 fully saturated rings. The Morgan fingerprint density at radius 2 is 1.65 bits per heavy atom. The third-order valence-electron chi connectivity index (χ3n) is 13.2. The summed E-state index contributed by atoms with van der Waals surface area (Å²) in [7, 11) is 0. The molecule has 5 aliphatic rings. The number of allylic oxidation sites excluding steroid dienone is 4. The van der Waals surface area contributed by atoms with E-state index in [4.69, 9.17) is 0 Å². The number of aromatic carboxylic acids is 1. The van der Waals surface area contributed by atoms with E-state index in [-0.39, 0.29) is 39.2 Å². The monoisotopic (exact) mass is 545 g/mol. The Kier molecular flexibility index (Phi) is 6.28. The van der Waals surface area contributed by atoms with Gasteiger partial charge in [-0.1, -0.05) is 64.5 Å². The lowest BCUT2D eigenvalue weighted by atomic mass is 9.37. The SMILES string of the molecule is C[C@]1(C(=O)Nc2ccccc2C(=O)O)CC[C@]2(C)CC[C@]3(C)C(=C2C1)C=CC1[C@@]2(C)CC[C@H](O)C[C@@H]2CC[C@]13C. The minimum Gasteiger partial charge on any atom is -0.478 e. The summed E-state index contributed by atoms with van der Waals surface area (Å²) < 4.78 is 0. The van der Waals surface area contributed by atoms with Crippen molar-refractivity contribution in [1.29, 1.82) is 0 Å². The lowest BCUT2D eigenvalue weighted by Gasteiger charge is -2.67. The van der Waals surface area contributed by atoms with Crippen LogP contribution in [0.1, 0.15) is 109 Å². The third kappa shape index (κ3) is 3.82. The highest BCUT2D eigenvalue weighted by Crippen LogP contribution is 2.72. The highest BCUT2D eigenvalue weighted by molar-refractivity contribution is 6.02. The molecule has 1 aromatic carbocycles. The van der Waals surface area contributed by atoms with E-state index in [2.05, 4.69) is 52.1 Å². The number of hydrogen-bond donors (Lipinski definition) is 3. The molecule has 0 radical (unpaired) electrons. The highest BCUT2D eigenvalue weighted by atomic mass is 16.4. The number of carboxylic acids is 1. The van der Waals surface area contributed by atoms with Crippen molar-refractivity contribution >= 4 is 17.6 Å². The fourth-order valence-corrected chi connectivity index (χ4v) is 10.1. The summed E-state index contributed by atoms with van der Waals surface area (Å²) in [5.74, 6) is -0.0331. The molecule has 3 saturated carbocycles. The molecule has 1 aromatic rings. The Morgan fingerprint density at radius 1 is 0.925 bits per heavy atom. The Bertz CT molecular complexity index is 1310. The van der Waals surface area contributed by atoms with Crippen LogP contribution in [0.25, 0.3) is 0 Å². The number of nitrogens with one attached hydrogen (secondary N) is 1. The zero-order valence-corrected chi connectivity index (χ0v) is 25.0. The molecule has 5 heteroatoms. The molecule has 1 unspecified atom stereocenters. The number of amides is 1. The second-order valence-electron chi connectivity index (χ2n) is 15.3. The van der Waals surface area contributed by atoms with E-state index in [0.717, 1.165) is 38.5 Å². The fraction of sp³-hybridized carbons (Fsp3) is 0.657. The maximum Gasteiger partial charge on any atom is 0.337 e. The van der Waals surface area contributed by atoms with Crippen molar-refractivity contribution in [3.63, 3.8) is 0 Å². The first-order chi connectivity index (χ1) is 18.8. The summed E-state index contributed by atoms with van der Waals surface area (Å²) in [6.45, 7) is 12.0. The van der Waals surface area contributed by atoms with Gasteiger partial charge in [-0.2, -0.15) is 0 Å². The summed E-state index contributed by atoms with van der Waals surface area (Å²) >= 11 is 0. The second-order valence-corrected chi connectivity index (χ2v) is 15.3. The molecule has 0 heterocycles. The van der Waals surface area contributed by atoms with Gasteiger partial charge in [0.15, 0.2) is 0 Å². The minimum absolute atomic E-state index is 0.0515. The standard InChI is InChI=1S/C35H47NO4/c1-31-16-17-32(2,30(40)36-27-9-7-6-8-24(27)29(38)39)21-26(31)25-10-11-28-33(3)14-13-23(37)20-22(33)12-15-35(28,5)34(25,4)19-18-31/h6-11,22-23,28,37H,12-21H2,1-5H3,(H,36,40)(H,38,39)/t22-,23-,28?,31+,32-,33-,34+,35+/m0/s1. The van der Waals surface area contributed by atoms with Gasteiger partial charge in [-0.05, 0) is 115 Å². The minimum atomic E-state index is -1.03. The molecule has 8 atom stereocenters. The van der Waals surface area contributed by atoms with Crippen molar-refractivity contribution in [1.82, 2.24) is 0 Å². The van der Waals surface area contributed by atoms with Crippen LogP contribution in [0.15, 0.2) is 47.6 Å². The van der Waals surface area contributed by atoms with Crippen molar-refractivity contribution in [3.8, 4) is 0 Å². The Morgan fingerprint density at radius 3 is 2.40 bits per heavy atom. The molecule has 0 spiro atoms.